The first-order valence-corrected chi connectivity index (χ1v) is 10.9. The molecule has 0 saturated carbocycles. The Morgan fingerprint density at radius 2 is 1.50 bits per heavy atom. The molecule has 0 aromatic carbocycles. The van der Waals surface area contributed by atoms with Crippen molar-refractivity contribution in [2.75, 3.05) is 19.1 Å². The zero-order valence-corrected chi connectivity index (χ0v) is 16.2. The molecule has 5 unspecified atom stereocenters. The van der Waals surface area contributed by atoms with E-state index in [0.717, 1.165) is 26.4 Å². The summed E-state index contributed by atoms with van der Waals surface area (Å²) in [7, 11) is -7.98. The fourth-order valence-corrected chi connectivity index (χ4v) is 3.43. The van der Waals surface area contributed by atoms with Gasteiger partial charge in [-0.3, -0.25) is 18.0 Å². The molecule has 2 amide bonds. The van der Waals surface area contributed by atoms with Gasteiger partial charge >= 0.3 is 0 Å². The van der Waals surface area contributed by atoms with Crippen LogP contribution in [0.15, 0.2) is 0 Å². The Morgan fingerprint density at radius 1 is 1.00 bits per heavy atom. The van der Waals surface area contributed by atoms with E-state index in [2.05, 4.69) is 14.8 Å². The van der Waals surface area contributed by atoms with Gasteiger partial charge in [-0.2, -0.15) is 16.8 Å². The smallest absolute Gasteiger partial charge is 0.264 e. The molecule has 0 bridgehead atoms. The number of carbonyl (C=O) groups excluding carboxylic acids is 2. The third kappa shape index (κ3) is 7.51. The van der Waals surface area contributed by atoms with E-state index in [-0.39, 0.29) is 0 Å². The van der Waals surface area contributed by atoms with Crippen LogP contribution in [0.5, 0.6) is 0 Å². The van der Waals surface area contributed by atoms with Crippen LogP contribution in [0.4, 0.5) is 0 Å². The predicted molar refractivity (Wildman–Crippen MR) is 86.6 cm³/mol. The van der Waals surface area contributed by atoms with Gasteiger partial charge in [0.05, 0.1) is 25.2 Å². The predicted octanol–water partition coefficient (Wildman–Crippen LogP) is -2.97. The van der Waals surface area contributed by atoms with Gasteiger partial charge in [-0.05, 0) is 0 Å². The average Bonchev–Trinajstić information content (AvgIpc) is 2.41. The summed E-state index contributed by atoms with van der Waals surface area (Å²) in [6.07, 6.45) is -3.04. The number of ether oxygens (including phenoxy) is 1. The molecule has 0 radical (unpaired) electrons. The maximum absolute atomic E-state index is 11.6. The van der Waals surface area contributed by atoms with E-state index >= 15 is 0 Å². The lowest BCUT2D eigenvalue weighted by Crippen LogP contribution is -2.69. The standard InChI is InChI=1S/C12H22N2O10S2/c1-6(15)13-9-10(14-7(2)16)12(17)23-8(5-22-25(3,18)19)11(9)24-26(4,20)21/h8-12,17H,5H2,1-4H3,(H,13,15)(H,14,16). The molecule has 152 valence electrons. The highest BCUT2D eigenvalue weighted by Crippen LogP contribution is 2.25. The monoisotopic (exact) mass is 418 g/mol. The normalized spacial score (nSPS) is 29.8. The van der Waals surface area contributed by atoms with Crippen LogP contribution in [0.1, 0.15) is 13.8 Å². The third-order valence-electron chi connectivity index (χ3n) is 3.20. The number of rotatable bonds is 7. The van der Waals surface area contributed by atoms with Crippen LogP contribution >= 0.6 is 0 Å². The Kier molecular flexibility index (Phi) is 7.50. The highest BCUT2D eigenvalue weighted by Gasteiger charge is 2.48. The highest BCUT2D eigenvalue weighted by atomic mass is 32.2. The zero-order chi connectivity index (χ0) is 20.3. The molecule has 0 aliphatic carbocycles. The summed E-state index contributed by atoms with van der Waals surface area (Å²) < 4.78 is 60.3. The first kappa shape index (κ1) is 22.7. The quantitative estimate of drug-likeness (QED) is 0.362. The Labute approximate surface area is 151 Å². The van der Waals surface area contributed by atoms with Crippen molar-refractivity contribution in [3.05, 3.63) is 0 Å². The Hall–Kier alpha value is -1.32. The van der Waals surface area contributed by atoms with Crippen LogP contribution in [0, 0.1) is 0 Å². The fraction of sp³-hybridized carbons (Fsp3) is 0.833. The molecular weight excluding hydrogens is 396 g/mol. The van der Waals surface area contributed by atoms with Crippen LogP contribution in [0.25, 0.3) is 0 Å². The molecule has 12 nitrogen and oxygen atoms in total. The molecule has 0 aromatic rings. The summed E-state index contributed by atoms with van der Waals surface area (Å²) in [5.41, 5.74) is 0. The molecule has 0 spiro atoms. The number of hydrogen-bond donors (Lipinski definition) is 3. The van der Waals surface area contributed by atoms with Gasteiger partial charge in [0.2, 0.25) is 11.8 Å². The van der Waals surface area contributed by atoms with E-state index in [9.17, 15) is 31.5 Å². The molecule has 1 heterocycles. The molecule has 1 aliphatic heterocycles. The highest BCUT2D eigenvalue weighted by molar-refractivity contribution is 7.86. The van der Waals surface area contributed by atoms with Gasteiger partial charge < -0.3 is 20.5 Å². The largest absolute Gasteiger partial charge is 0.366 e. The van der Waals surface area contributed by atoms with Gasteiger partial charge in [0, 0.05) is 13.8 Å². The Balaban J connectivity index is 3.25. The molecule has 3 N–H and O–H groups in total. The third-order valence-corrected chi connectivity index (χ3v) is 4.34. The first-order chi connectivity index (χ1) is 11.7. The van der Waals surface area contributed by atoms with Gasteiger partial charge in [0.1, 0.15) is 18.2 Å². The summed E-state index contributed by atoms with van der Waals surface area (Å²) in [5, 5.41) is 14.8. The van der Waals surface area contributed by atoms with Crippen molar-refractivity contribution in [1.29, 1.82) is 0 Å². The number of carbonyl (C=O) groups is 2. The minimum absolute atomic E-state index is 0.586. The second-order valence-corrected chi connectivity index (χ2v) is 9.02. The zero-order valence-electron chi connectivity index (χ0n) is 14.5. The maximum atomic E-state index is 11.6. The second-order valence-electron chi connectivity index (χ2n) is 5.77. The van der Waals surface area contributed by atoms with E-state index in [1.165, 1.54) is 0 Å². The molecule has 1 rings (SSSR count). The summed E-state index contributed by atoms with van der Waals surface area (Å²) >= 11 is 0. The SMILES string of the molecule is CC(=O)NC1C(O)OC(COS(C)(=O)=O)C(OS(C)(=O)=O)C1NC(C)=O. The maximum Gasteiger partial charge on any atom is 0.264 e. The van der Waals surface area contributed by atoms with E-state index in [1.54, 1.807) is 0 Å². The fourth-order valence-electron chi connectivity index (χ4n) is 2.40. The number of nitrogens with one attached hydrogen (secondary N) is 2. The van der Waals surface area contributed by atoms with Crippen LogP contribution in [-0.4, -0.2) is 83.5 Å². The van der Waals surface area contributed by atoms with Crippen molar-refractivity contribution in [2.45, 2.75) is 44.4 Å². The molecule has 1 fully saturated rings. The van der Waals surface area contributed by atoms with Crippen LogP contribution in [-0.2, 0) is 42.9 Å². The van der Waals surface area contributed by atoms with Crippen LogP contribution in [0.2, 0.25) is 0 Å². The Bertz CT molecular complexity index is 735. The summed E-state index contributed by atoms with van der Waals surface area (Å²) in [6.45, 7) is 1.59. The van der Waals surface area contributed by atoms with Crippen molar-refractivity contribution < 1.29 is 44.6 Å². The lowest BCUT2D eigenvalue weighted by Gasteiger charge is -2.44. The van der Waals surface area contributed by atoms with Crippen LogP contribution < -0.4 is 10.6 Å². The van der Waals surface area contributed by atoms with E-state index in [4.69, 9.17) is 8.92 Å². The number of aliphatic hydroxyl groups is 1. The molecule has 1 saturated heterocycles. The van der Waals surface area contributed by atoms with Gasteiger partial charge in [-0.25, -0.2) is 0 Å². The Morgan fingerprint density at radius 3 is 1.92 bits per heavy atom. The lowest BCUT2D eigenvalue weighted by molar-refractivity contribution is -0.223. The van der Waals surface area contributed by atoms with E-state index in [1.807, 2.05) is 0 Å². The van der Waals surface area contributed by atoms with Crippen molar-refractivity contribution in [3.63, 3.8) is 0 Å². The van der Waals surface area contributed by atoms with Crippen molar-refractivity contribution in [1.82, 2.24) is 10.6 Å². The number of hydrogen-bond acceptors (Lipinski definition) is 10. The van der Waals surface area contributed by atoms with Crippen LogP contribution in [0.3, 0.4) is 0 Å². The van der Waals surface area contributed by atoms with Crippen molar-refractivity contribution in [3.8, 4) is 0 Å². The van der Waals surface area contributed by atoms with Gasteiger partial charge in [-0.1, -0.05) is 0 Å². The molecule has 26 heavy (non-hydrogen) atoms. The number of aliphatic hydroxyl groups excluding tert-OH is 1. The van der Waals surface area contributed by atoms with Crippen molar-refractivity contribution >= 4 is 32.1 Å². The molecule has 1 aliphatic rings. The topological polar surface area (TPSA) is 174 Å². The summed E-state index contributed by atoms with van der Waals surface area (Å²) in [5.74, 6) is -1.19. The second kappa shape index (κ2) is 8.58. The summed E-state index contributed by atoms with van der Waals surface area (Å²) in [6, 6.07) is -2.50. The minimum Gasteiger partial charge on any atom is -0.366 e. The van der Waals surface area contributed by atoms with Gasteiger partial charge in [-0.15, -0.1) is 0 Å². The van der Waals surface area contributed by atoms with Gasteiger partial charge in [0.25, 0.3) is 20.2 Å². The minimum atomic E-state index is -4.08. The van der Waals surface area contributed by atoms with E-state index < -0.39 is 69.2 Å². The first-order valence-electron chi connectivity index (χ1n) is 7.30. The molecular formula is C12H22N2O10S2. The molecule has 0 aromatic heterocycles. The lowest BCUT2D eigenvalue weighted by atomic mass is 9.94. The molecule has 14 heteroatoms. The average molecular weight is 418 g/mol. The summed E-state index contributed by atoms with van der Waals surface area (Å²) in [4.78, 5) is 22.9. The van der Waals surface area contributed by atoms with Gasteiger partial charge in [0.15, 0.2) is 6.29 Å². The number of amides is 2. The molecule has 5 atom stereocenters. The van der Waals surface area contributed by atoms with Crippen molar-refractivity contribution in [2.24, 2.45) is 0 Å². The van der Waals surface area contributed by atoms with E-state index in [0.29, 0.717) is 0 Å².